The molecule has 4 nitrogen and oxygen atoms in total. The Kier molecular flexibility index (Phi) is 4.85. The van der Waals surface area contributed by atoms with Crippen LogP contribution >= 0.6 is 12.2 Å². The Morgan fingerprint density at radius 1 is 1.50 bits per heavy atom. The Balaban J connectivity index is 3.09. The number of thiocarbonyl (C=S) groups is 1. The SMILES string of the molecule is NC(=S)c1ncccc1N(CCO)CC(F)(F)F. The van der Waals surface area contributed by atoms with E-state index in [1.54, 1.807) is 0 Å². The van der Waals surface area contributed by atoms with Crippen molar-refractivity contribution in [2.75, 3.05) is 24.6 Å². The number of rotatable bonds is 5. The molecule has 0 aliphatic heterocycles. The number of aromatic nitrogens is 1. The third-order valence-corrected chi connectivity index (χ3v) is 2.29. The second kappa shape index (κ2) is 5.96. The van der Waals surface area contributed by atoms with Crippen molar-refractivity contribution in [3.8, 4) is 0 Å². The van der Waals surface area contributed by atoms with Gasteiger partial charge < -0.3 is 15.7 Å². The van der Waals surface area contributed by atoms with Gasteiger partial charge in [-0.15, -0.1) is 0 Å². The van der Waals surface area contributed by atoms with Gasteiger partial charge in [-0.05, 0) is 12.1 Å². The molecule has 0 radical (unpaired) electrons. The molecule has 100 valence electrons. The minimum Gasteiger partial charge on any atom is -0.395 e. The summed E-state index contributed by atoms with van der Waals surface area (Å²) in [4.78, 5) is 4.71. The zero-order chi connectivity index (χ0) is 13.8. The van der Waals surface area contributed by atoms with Gasteiger partial charge in [-0.2, -0.15) is 13.2 Å². The highest BCUT2D eigenvalue weighted by molar-refractivity contribution is 7.80. The molecule has 0 bridgehead atoms. The van der Waals surface area contributed by atoms with E-state index in [2.05, 4.69) is 4.98 Å². The van der Waals surface area contributed by atoms with E-state index in [1.165, 1.54) is 18.3 Å². The molecule has 0 atom stereocenters. The van der Waals surface area contributed by atoms with Crippen LogP contribution in [0, 0.1) is 0 Å². The number of pyridine rings is 1. The molecule has 1 rings (SSSR count). The van der Waals surface area contributed by atoms with Crippen LogP contribution in [0.3, 0.4) is 0 Å². The maximum absolute atomic E-state index is 12.4. The molecule has 0 saturated carbocycles. The molecular formula is C10H12F3N3OS. The number of aliphatic hydroxyl groups is 1. The minimum absolute atomic E-state index is 0.0873. The summed E-state index contributed by atoms with van der Waals surface area (Å²) in [6.45, 7) is -1.79. The van der Waals surface area contributed by atoms with Crippen LogP contribution in [0.4, 0.5) is 18.9 Å². The number of anilines is 1. The molecule has 0 spiro atoms. The Bertz CT molecular complexity index is 425. The molecule has 18 heavy (non-hydrogen) atoms. The van der Waals surface area contributed by atoms with E-state index in [9.17, 15) is 13.2 Å². The zero-order valence-corrected chi connectivity index (χ0v) is 10.1. The number of alkyl halides is 3. The number of nitrogens with two attached hydrogens (primary N) is 1. The van der Waals surface area contributed by atoms with Crippen LogP contribution in [0.5, 0.6) is 0 Å². The second-order valence-corrected chi connectivity index (χ2v) is 3.94. The molecule has 1 aromatic heterocycles. The largest absolute Gasteiger partial charge is 0.405 e. The van der Waals surface area contributed by atoms with Crippen molar-refractivity contribution < 1.29 is 18.3 Å². The normalized spacial score (nSPS) is 11.3. The maximum atomic E-state index is 12.4. The summed E-state index contributed by atoms with van der Waals surface area (Å²) < 4.78 is 37.3. The average molecular weight is 279 g/mol. The highest BCUT2D eigenvalue weighted by Gasteiger charge is 2.31. The van der Waals surface area contributed by atoms with Gasteiger partial charge in [0.15, 0.2) is 0 Å². The minimum atomic E-state index is -4.39. The van der Waals surface area contributed by atoms with Crippen LogP contribution in [0.1, 0.15) is 5.69 Å². The van der Waals surface area contributed by atoms with E-state index >= 15 is 0 Å². The fourth-order valence-corrected chi connectivity index (χ4v) is 1.62. The summed E-state index contributed by atoms with van der Waals surface area (Å²) in [6.07, 6.45) is -3.00. The average Bonchev–Trinajstić information content (AvgIpc) is 2.26. The molecular weight excluding hydrogens is 267 g/mol. The molecule has 8 heteroatoms. The first-order valence-corrected chi connectivity index (χ1v) is 5.43. The van der Waals surface area contributed by atoms with Gasteiger partial charge in [0, 0.05) is 12.7 Å². The summed E-state index contributed by atoms with van der Waals surface area (Å²) in [5.41, 5.74) is 5.69. The van der Waals surface area contributed by atoms with Gasteiger partial charge in [-0.25, -0.2) is 0 Å². The fraction of sp³-hybridized carbons (Fsp3) is 0.400. The fourth-order valence-electron chi connectivity index (χ4n) is 1.46. The van der Waals surface area contributed by atoms with Crippen molar-refractivity contribution in [2.24, 2.45) is 5.73 Å². The van der Waals surface area contributed by atoms with Crippen LogP contribution in [-0.2, 0) is 0 Å². The summed E-state index contributed by atoms with van der Waals surface area (Å²) in [6, 6.07) is 2.92. The number of nitrogens with zero attached hydrogens (tertiary/aromatic N) is 2. The molecule has 0 amide bonds. The molecule has 0 aliphatic rings. The van der Waals surface area contributed by atoms with Crippen molar-refractivity contribution in [2.45, 2.75) is 6.18 Å². The number of aliphatic hydroxyl groups excluding tert-OH is 1. The topological polar surface area (TPSA) is 62.4 Å². The molecule has 0 fully saturated rings. The molecule has 0 aromatic carbocycles. The standard InChI is InChI=1S/C10H12F3N3OS/c11-10(12,13)6-16(4-5-17)7-2-1-3-15-8(7)9(14)18/h1-3,17H,4-6H2,(H2,14,18). The first-order chi connectivity index (χ1) is 8.35. The highest BCUT2D eigenvalue weighted by Crippen LogP contribution is 2.23. The lowest BCUT2D eigenvalue weighted by atomic mass is 10.2. The summed E-state index contributed by atoms with van der Waals surface area (Å²) >= 11 is 4.74. The van der Waals surface area contributed by atoms with Gasteiger partial charge >= 0.3 is 6.18 Å². The van der Waals surface area contributed by atoms with Gasteiger partial charge in [-0.1, -0.05) is 12.2 Å². The molecule has 0 saturated heterocycles. The highest BCUT2D eigenvalue weighted by atomic mass is 32.1. The van der Waals surface area contributed by atoms with Gasteiger partial charge in [0.25, 0.3) is 0 Å². The first-order valence-electron chi connectivity index (χ1n) is 5.02. The van der Waals surface area contributed by atoms with Crippen LogP contribution < -0.4 is 10.6 Å². The van der Waals surface area contributed by atoms with Gasteiger partial charge in [0.2, 0.25) is 0 Å². The lowest BCUT2D eigenvalue weighted by molar-refractivity contribution is -0.119. The Hall–Kier alpha value is -1.41. The molecule has 1 aromatic rings. The number of halogens is 3. The maximum Gasteiger partial charge on any atom is 0.405 e. The van der Waals surface area contributed by atoms with Crippen LogP contribution in [0.25, 0.3) is 0 Å². The number of hydrogen-bond donors (Lipinski definition) is 2. The molecule has 1 heterocycles. The van der Waals surface area contributed by atoms with Gasteiger partial charge in [0.05, 0.1) is 12.3 Å². The van der Waals surface area contributed by atoms with Gasteiger partial charge in [0.1, 0.15) is 17.2 Å². The molecule has 0 aliphatic carbocycles. The zero-order valence-electron chi connectivity index (χ0n) is 9.31. The monoisotopic (exact) mass is 279 g/mol. The van der Waals surface area contributed by atoms with E-state index in [0.717, 1.165) is 4.90 Å². The molecule has 3 N–H and O–H groups in total. The third kappa shape index (κ3) is 4.11. The number of hydrogen-bond acceptors (Lipinski definition) is 4. The predicted molar refractivity (Wildman–Crippen MR) is 65.5 cm³/mol. The summed E-state index contributed by atoms with van der Waals surface area (Å²) in [5.74, 6) is 0. The van der Waals surface area contributed by atoms with Crippen LogP contribution in [-0.4, -0.2) is 41.0 Å². The summed E-state index contributed by atoms with van der Waals surface area (Å²) in [5, 5.41) is 8.83. The summed E-state index contributed by atoms with van der Waals surface area (Å²) in [7, 11) is 0. The first kappa shape index (κ1) is 14.7. The Morgan fingerprint density at radius 3 is 2.67 bits per heavy atom. The van der Waals surface area contributed by atoms with Crippen molar-refractivity contribution >= 4 is 22.9 Å². The lowest BCUT2D eigenvalue weighted by Crippen LogP contribution is -2.37. The predicted octanol–water partition coefficient (Wildman–Crippen LogP) is 1.08. The van der Waals surface area contributed by atoms with E-state index in [1.807, 2.05) is 0 Å². The van der Waals surface area contributed by atoms with Crippen molar-refractivity contribution in [1.29, 1.82) is 0 Å². The second-order valence-electron chi connectivity index (χ2n) is 3.50. The lowest BCUT2D eigenvalue weighted by Gasteiger charge is -2.26. The van der Waals surface area contributed by atoms with Gasteiger partial charge in [-0.3, -0.25) is 4.98 Å². The Labute approximate surface area is 107 Å². The quantitative estimate of drug-likeness (QED) is 0.790. The van der Waals surface area contributed by atoms with Crippen LogP contribution in [0.2, 0.25) is 0 Å². The van der Waals surface area contributed by atoms with Crippen molar-refractivity contribution in [3.05, 3.63) is 24.0 Å². The van der Waals surface area contributed by atoms with E-state index in [4.69, 9.17) is 23.1 Å². The van der Waals surface area contributed by atoms with E-state index in [-0.39, 0.29) is 22.9 Å². The Morgan fingerprint density at radius 2 is 2.17 bits per heavy atom. The van der Waals surface area contributed by atoms with Crippen LogP contribution in [0.15, 0.2) is 18.3 Å². The van der Waals surface area contributed by atoms with E-state index in [0.29, 0.717) is 0 Å². The van der Waals surface area contributed by atoms with E-state index < -0.39 is 19.3 Å². The molecule has 0 unspecified atom stereocenters. The third-order valence-electron chi connectivity index (χ3n) is 2.10. The smallest absolute Gasteiger partial charge is 0.395 e. The van der Waals surface area contributed by atoms with Crippen molar-refractivity contribution in [1.82, 2.24) is 4.98 Å². The van der Waals surface area contributed by atoms with Crippen molar-refractivity contribution in [3.63, 3.8) is 0 Å².